The van der Waals surface area contributed by atoms with Gasteiger partial charge >= 0.3 is 6.61 Å². The molecule has 0 unspecified atom stereocenters. The fourth-order valence-electron chi connectivity index (χ4n) is 2.76. The van der Waals surface area contributed by atoms with Crippen molar-refractivity contribution in [3.05, 3.63) is 29.3 Å². The van der Waals surface area contributed by atoms with Crippen LogP contribution < -0.4 is 15.4 Å². The average Bonchev–Trinajstić information content (AvgIpc) is 2.64. The van der Waals surface area contributed by atoms with Crippen LogP contribution in [0.4, 0.5) is 8.78 Å². The highest BCUT2D eigenvalue weighted by Crippen LogP contribution is 2.22. The van der Waals surface area contributed by atoms with E-state index in [2.05, 4.69) is 39.1 Å². The number of alkyl halides is 2. The van der Waals surface area contributed by atoms with E-state index in [4.69, 9.17) is 0 Å². The maximum atomic E-state index is 12.6. The Hall–Kier alpha value is -1.16. The van der Waals surface area contributed by atoms with Gasteiger partial charge in [-0.3, -0.25) is 0 Å². The van der Waals surface area contributed by atoms with Gasteiger partial charge in [-0.05, 0) is 52.4 Å². The van der Waals surface area contributed by atoms with Crippen molar-refractivity contribution in [2.45, 2.75) is 53.7 Å². The largest absolute Gasteiger partial charge is 0.434 e. The van der Waals surface area contributed by atoms with Crippen LogP contribution in [0.15, 0.2) is 23.2 Å². The predicted octanol–water partition coefficient (Wildman–Crippen LogP) is 4.39. The molecule has 0 aromatic heterocycles. The van der Waals surface area contributed by atoms with E-state index in [1.807, 2.05) is 19.9 Å². The number of rotatable bonds is 12. The van der Waals surface area contributed by atoms with Gasteiger partial charge in [0.15, 0.2) is 5.96 Å². The van der Waals surface area contributed by atoms with Crippen LogP contribution in [0.3, 0.4) is 0 Å². The number of nitrogens with one attached hydrogen (secondary N) is 2. The maximum absolute atomic E-state index is 12.6. The summed E-state index contributed by atoms with van der Waals surface area (Å²) in [6.45, 7) is 10.5. The van der Waals surface area contributed by atoms with Crippen molar-refractivity contribution in [2.24, 2.45) is 4.99 Å². The number of aliphatic imine (C=N–C) groups is 1. The summed E-state index contributed by atoms with van der Waals surface area (Å²) >= 11 is 0. The molecular weight excluding hydrogens is 477 g/mol. The topological polar surface area (TPSA) is 48.9 Å². The first-order chi connectivity index (χ1) is 13.0. The van der Waals surface area contributed by atoms with Crippen LogP contribution in [-0.2, 0) is 6.54 Å². The molecule has 0 spiro atoms. The second kappa shape index (κ2) is 15.7. The number of nitrogens with zero attached hydrogens (tertiary/aromatic N) is 2. The first kappa shape index (κ1) is 26.8. The first-order valence-corrected chi connectivity index (χ1v) is 9.78. The molecule has 0 amide bonds. The van der Waals surface area contributed by atoms with Crippen molar-refractivity contribution in [3.8, 4) is 5.75 Å². The van der Waals surface area contributed by atoms with Crippen LogP contribution in [0, 0.1) is 6.92 Å². The fraction of sp³-hybridized carbons (Fsp3) is 0.650. The number of hydrogen-bond acceptors (Lipinski definition) is 3. The lowest BCUT2D eigenvalue weighted by Gasteiger charge is -2.18. The highest BCUT2D eigenvalue weighted by atomic mass is 127. The molecule has 28 heavy (non-hydrogen) atoms. The number of benzene rings is 1. The zero-order valence-corrected chi connectivity index (χ0v) is 19.8. The third-order valence-electron chi connectivity index (χ3n) is 4.27. The van der Waals surface area contributed by atoms with Gasteiger partial charge in [0.25, 0.3) is 0 Å². The summed E-state index contributed by atoms with van der Waals surface area (Å²) in [6.07, 6.45) is 2.17. The highest BCUT2D eigenvalue weighted by molar-refractivity contribution is 14.0. The molecule has 0 aliphatic rings. The van der Waals surface area contributed by atoms with Crippen molar-refractivity contribution in [1.29, 1.82) is 0 Å². The van der Waals surface area contributed by atoms with E-state index >= 15 is 0 Å². The quantitative estimate of drug-likeness (QED) is 0.189. The van der Waals surface area contributed by atoms with Crippen molar-refractivity contribution in [3.63, 3.8) is 0 Å². The molecule has 5 nitrogen and oxygen atoms in total. The van der Waals surface area contributed by atoms with E-state index in [-0.39, 0.29) is 36.3 Å². The van der Waals surface area contributed by atoms with E-state index in [0.29, 0.717) is 11.5 Å². The first-order valence-electron chi connectivity index (χ1n) is 9.78. The Morgan fingerprint density at radius 2 is 1.86 bits per heavy atom. The molecule has 0 atom stereocenters. The molecular formula is C20H35F2IN4O. The normalized spacial score (nSPS) is 11.5. The van der Waals surface area contributed by atoms with Gasteiger partial charge in [0.1, 0.15) is 5.75 Å². The Morgan fingerprint density at radius 1 is 1.14 bits per heavy atom. The molecule has 1 aromatic rings. The van der Waals surface area contributed by atoms with Crippen LogP contribution in [-0.4, -0.2) is 50.2 Å². The van der Waals surface area contributed by atoms with Gasteiger partial charge in [0.2, 0.25) is 0 Å². The molecule has 0 heterocycles. The lowest BCUT2D eigenvalue weighted by atomic mass is 10.1. The summed E-state index contributed by atoms with van der Waals surface area (Å²) in [5.41, 5.74) is 1.63. The van der Waals surface area contributed by atoms with E-state index < -0.39 is 6.61 Å². The van der Waals surface area contributed by atoms with Crippen LogP contribution in [0.1, 0.15) is 44.7 Å². The molecule has 2 N–H and O–H groups in total. The molecule has 162 valence electrons. The Bertz CT molecular complexity index is 569. The van der Waals surface area contributed by atoms with Gasteiger partial charge in [-0.25, -0.2) is 4.99 Å². The van der Waals surface area contributed by atoms with Crippen LogP contribution in [0.25, 0.3) is 0 Å². The molecule has 1 rings (SSSR count). The second-order valence-electron chi connectivity index (χ2n) is 6.35. The number of ether oxygens (including phenoxy) is 1. The number of unbranched alkanes of at least 4 members (excludes halogenated alkanes) is 1. The molecule has 8 heteroatoms. The molecule has 0 bridgehead atoms. The minimum Gasteiger partial charge on any atom is -0.434 e. The molecule has 0 fully saturated rings. The number of guanidine groups is 1. The van der Waals surface area contributed by atoms with Crippen molar-refractivity contribution in [2.75, 3.05) is 32.7 Å². The van der Waals surface area contributed by atoms with E-state index in [1.54, 1.807) is 12.1 Å². The fourth-order valence-corrected chi connectivity index (χ4v) is 2.76. The summed E-state index contributed by atoms with van der Waals surface area (Å²) in [4.78, 5) is 6.92. The monoisotopic (exact) mass is 512 g/mol. The van der Waals surface area contributed by atoms with Gasteiger partial charge in [0.05, 0.1) is 6.54 Å². The highest BCUT2D eigenvalue weighted by Gasteiger charge is 2.10. The third-order valence-corrected chi connectivity index (χ3v) is 4.27. The van der Waals surface area contributed by atoms with E-state index in [1.165, 1.54) is 0 Å². The number of hydrogen-bond donors (Lipinski definition) is 2. The van der Waals surface area contributed by atoms with Gasteiger partial charge < -0.3 is 20.3 Å². The second-order valence-corrected chi connectivity index (χ2v) is 6.35. The molecule has 0 saturated carbocycles. The molecule has 0 aliphatic carbocycles. The van der Waals surface area contributed by atoms with Crippen molar-refractivity contribution in [1.82, 2.24) is 15.5 Å². The smallest absolute Gasteiger partial charge is 0.387 e. The van der Waals surface area contributed by atoms with E-state index in [9.17, 15) is 8.78 Å². The molecule has 0 aliphatic heterocycles. The summed E-state index contributed by atoms with van der Waals surface area (Å²) in [5.74, 6) is 0.860. The summed E-state index contributed by atoms with van der Waals surface area (Å²) in [6, 6.07) is 5.15. The zero-order valence-electron chi connectivity index (χ0n) is 17.4. The summed E-state index contributed by atoms with van der Waals surface area (Å²) in [5, 5.41) is 6.50. The Labute approximate surface area is 185 Å². The minimum absolute atomic E-state index is 0. The molecule has 0 radical (unpaired) electrons. The molecule has 1 aromatic carbocycles. The summed E-state index contributed by atoms with van der Waals surface area (Å²) < 4.78 is 29.8. The van der Waals surface area contributed by atoms with Gasteiger partial charge in [-0.2, -0.15) is 8.78 Å². The Kier molecular flexibility index (Phi) is 15.1. The SMILES string of the molecule is CCNC(=NCc1cc(C)ccc1OC(F)F)NCCCCN(CC)CC.I. The van der Waals surface area contributed by atoms with Crippen LogP contribution in [0.2, 0.25) is 0 Å². The average molecular weight is 512 g/mol. The van der Waals surface area contributed by atoms with Gasteiger partial charge in [-0.1, -0.05) is 31.5 Å². The lowest BCUT2D eigenvalue weighted by Crippen LogP contribution is -2.38. The molecule has 0 saturated heterocycles. The lowest BCUT2D eigenvalue weighted by molar-refractivity contribution is -0.0504. The Morgan fingerprint density at radius 3 is 2.46 bits per heavy atom. The zero-order chi connectivity index (χ0) is 20.1. The summed E-state index contributed by atoms with van der Waals surface area (Å²) in [7, 11) is 0. The maximum Gasteiger partial charge on any atom is 0.387 e. The van der Waals surface area contributed by atoms with Crippen molar-refractivity contribution < 1.29 is 13.5 Å². The number of halogens is 3. The Balaban J connectivity index is 0.00000729. The van der Waals surface area contributed by atoms with Gasteiger partial charge in [-0.15, -0.1) is 24.0 Å². The minimum atomic E-state index is -2.84. The predicted molar refractivity (Wildman–Crippen MR) is 123 cm³/mol. The number of aryl methyl sites for hydroxylation is 1. The standard InChI is InChI=1S/C20H34F2N4O.HI/c1-5-23-20(24-12-8-9-13-26(6-2)7-3)25-15-17-14-16(4)10-11-18(17)27-19(21)22;/h10-11,14,19H,5-9,12-13,15H2,1-4H3,(H2,23,24,25);1H. The van der Waals surface area contributed by atoms with Crippen molar-refractivity contribution >= 4 is 29.9 Å². The van der Waals surface area contributed by atoms with Crippen LogP contribution in [0.5, 0.6) is 5.75 Å². The van der Waals surface area contributed by atoms with E-state index in [0.717, 1.165) is 51.1 Å². The van der Waals surface area contributed by atoms with Crippen LogP contribution >= 0.6 is 24.0 Å². The third kappa shape index (κ3) is 11.0. The van der Waals surface area contributed by atoms with Gasteiger partial charge in [0, 0.05) is 18.7 Å².